The molecule has 0 amide bonds. The molecule has 2 atom stereocenters. The summed E-state index contributed by atoms with van der Waals surface area (Å²) in [6, 6.07) is 6.67. The number of phenols is 4. The summed E-state index contributed by atoms with van der Waals surface area (Å²) in [5.74, 6) is -1.24. The highest BCUT2D eigenvalue weighted by Crippen LogP contribution is 2.42. The number of rotatable bonds is 17. The fourth-order valence-corrected chi connectivity index (χ4v) is 5.11. The fraction of sp³-hybridized carbons (Fsp3) is 0.606. The maximum Gasteiger partial charge on any atom is 0.303 e. The van der Waals surface area contributed by atoms with Crippen molar-refractivity contribution in [3.05, 3.63) is 41.5 Å². The van der Waals surface area contributed by atoms with Crippen LogP contribution in [0.5, 0.6) is 28.7 Å². The van der Waals surface area contributed by atoms with Gasteiger partial charge in [0.15, 0.2) is 11.5 Å². The molecule has 2 aromatic carbocycles. The van der Waals surface area contributed by atoms with E-state index in [0.29, 0.717) is 17.5 Å². The second-order valence-corrected chi connectivity index (χ2v) is 11.1. The zero-order chi connectivity index (χ0) is 30.0. The molecule has 0 radical (unpaired) electrons. The second kappa shape index (κ2) is 19.1. The number of fused-ring (bicyclic) bond motifs is 1. The van der Waals surface area contributed by atoms with Gasteiger partial charge in [0.25, 0.3) is 0 Å². The van der Waals surface area contributed by atoms with Crippen LogP contribution in [0.3, 0.4) is 0 Å². The van der Waals surface area contributed by atoms with Crippen LogP contribution in [0.1, 0.15) is 127 Å². The Morgan fingerprint density at radius 1 is 0.732 bits per heavy atom. The Labute approximate surface area is 244 Å². The lowest BCUT2D eigenvalue weighted by molar-refractivity contribution is -0.137. The number of carbonyl (C=O) groups is 1. The second-order valence-electron chi connectivity index (χ2n) is 11.1. The van der Waals surface area contributed by atoms with E-state index in [1.807, 2.05) is 0 Å². The Bertz CT molecular complexity index is 1040. The van der Waals surface area contributed by atoms with Gasteiger partial charge in [-0.05, 0) is 24.1 Å². The minimum absolute atomic E-state index is 0.143. The molecule has 0 spiro atoms. The van der Waals surface area contributed by atoms with Crippen LogP contribution in [0.25, 0.3) is 0 Å². The number of carboxylic acid groups (broad SMARTS) is 1. The summed E-state index contributed by atoms with van der Waals surface area (Å²) in [7, 11) is 0. The number of aliphatic hydroxyl groups is 1. The maximum atomic E-state index is 10.3. The molecule has 230 valence electrons. The van der Waals surface area contributed by atoms with Crippen LogP contribution in [-0.4, -0.2) is 42.7 Å². The maximum absolute atomic E-state index is 10.3. The first-order valence-corrected chi connectivity index (χ1v) is 15.4. The number of hydrogen-bond acceptors (Lipinski definition) is 7. The number of aromatic hydroxyl groups is 4. The summed E-state index contributed by atoms with van der Waals surface area (Å²) in [6.07, 6.45) is 18.6. The number of carboxylic acids is 1. The van der Waals surface area contributed by atoms with Gasteiger partial charge in [0, 0.05) is 30.5 Å². The van der Waals surface area contributed by atoms with E-state index in [-0.39, 0.29) is 35.2 Å². The Hall–Kier alpha value is -3.13. The Morgan fingerprint density at radius 2 is 1.27 bits per heavy atom. The Kier molecular flexibility index (Phi) is 15.9. The average Bonchev–Trinajstić information content (AvgIpc) is 2.93. The van der Waals surface area contributed by atoms with Crippen molar-refractivity contribution in [2.24, 2.45) is 0 Å². The molecule has 1 aliphatic heterocycles. The molecule has 41 heavy (non-hydrogen) atoms. The zero-order valence-electron chi connectivity index (χ0n) is 24.6. The quantitative estimate of drug-likeness (QED) is 0.0826. The molecular weight excluding hydrogens is 524 g/mol. The van der Waals surface area contributed by atoms with Crippen LogP contribution in [0.2, 0.25) is 0 Å². The summed E-state index contributed by atoms with van der Waals surface area (Å²) in [6.45, 7) is 2.27. The van der Waals surface area contributed by atoms with Crippen molar-refractivity contribution in [2.45, 2.75) is 128 Å². The molecule has 1 heterocycles. The van der Waals surface area contributed by atoms with Crippen molar-refractivity contribution in [2.75, 3.05) is 0 Å². The van der Waals surface area contributed by atoms with Crippen molar-refractivity contribution in [3.8, 4) is 28.7 Å². The largest absolute Gasteiger partial charge is 0.508 e. The Morgan fingerprint density at radius 3 is 1.78 bits per heavy atom. The molecule has 0 bridgehead atoms. The molecule has 8 nitrogen and oxygen atoms in total. The van der Waals surface area contributed by atoms with Gasteiger partial charge >= 0.3 is 5.97 Å². The first-order valence-electron chi connectivity index (χ1n) is 15.4. The van der Waals surface area contributed by atoms with Gasteiger partial charge in [-0.3, -0.25) is 4.79 Å². The fourth-order valence-electron chi connectivity index (χ4n) is 5.11. The summed E-state index contributed by atoms with van der Waals surface area (Å²) in [5, 5.41) is 56.8. The van der Waals surface area contributed by atoms with Gasteiger partial charge in [-0.15, -0.1) is 0 Å². The van der Waals surface area contributed by atoms with E-state index in [1.54, 1.807) is 0 Å². The van der Waals surface area contributed by atoms with Crippen molar-refractivity contribution >= 4 is 5.97 Å². The molecule has 0 aromatic heterocycles. The molecule has 0 saturated heterocycles. The third kappa shape index (κ3) is 12.9. The van der Waals surface area contributed by atoms with E-state index < -0.39 is 18.2 Å². The predicted molar refractivity (Wildman–Crippen MR) is 160 cm³/mol. The number of phenolic OH excluding ortho intramolecular Hbond substituents is 4. The van der Waals surface area contributed by atoms with Crippen LogP contribution in [0.4, 0.5) is 0 Å². The smallest absolute Gasteiger partial charge is 0.303 e. The highest BCUT2D eigenvalue weighted by atomic mass is 16.5. The molecule has 0 aliphatic carbocycles. The molecule has 6 N–H and O–H groups in total. The minimum Gasteiger partial charge on any atom is -0.508 e. The van der Waals surface area contributed by atoms with E-state index in [1.165, 1.54) is 114 Å². The van der Waals surface area contributed by atoms with E-state index in [4.69, 9.17) is 9.84 Å². The molecular formula is C33H50O8. The van der Waals surface area contributed by atoms with Gasteiger partial charge in [0.05, 0.1) is 6.10 Å². The Balaban J connectivity index is 0.000000288. The van der Waals surface area contributed by atoms with E-state index in [2.05, 4.69) is 6.92 Å². The lowest BCUT2D eigenvalue weighted by Gasteiger charge is -2.31. The number of benzene rings is 2. The molecule has 0 fully saturated rings. The van der Waals surface area contributed by atoms with Crippen LogP contribution in [0, 0.1) is 0 Å². The topological polar surface area (TPSA) is 148 Å². The first-order chi connectivity index (χ1) is 19.7. The first kappa shape index (κ1) is 34.1. The van der Waals surface area contributed by atoms with Gasteiger partial charge in [0.2, 0.25) is 0 Å². The van der Waals surface area contributed by atoms with Gasteiger partial charge < -0.3 is 35.4 Å². The van der Waals surface area contributed by atoms with Crippen LogP contribution < -0.4 is 4.74 Å². The molecule has 2 aromatic rings. The standard InChI is InChI=1S/C18H36O2.C15H14O6/c1-2-3-4-5-6-7-8-9-10-11-12-13-14-15-16-17-18(19)20;16-8-4-11(18)9-6-13(20)15(21-14(9)5-8)7-1-2-10(17)12(19)3-7/h2-17H2,1H3,(H,19,20);1-5,13,15-20H,6H2/t;13-,15+/m.0/s1. The summed E-state index contributed by atoms with van der Waals surface area (Å²) in [4.78, 5) is 10.3. The van der Waals surface area contributed by atoms with Crippen LogP contribution in [0.15, 0.2) is 30.3 Å². The van der Waals surface area contributed by atoms with Crippen LogP contribution >= 0.6 is 0 Å². The van der Waals surface area contributed by atoms with Crippen molar-refractivity contribution in [1.29, 1.82) is 0 Å². The van der Waals surface area contributed by atoms with Gasteiger partial charge in [-0.2, -0.15) is 0 Å². The van der Waals surface area contributed by atoms with Gasteiger partial charge in [-0.25, -0.2) is 0 Å². The van der Waals surface area contributed by atoms with E-state index in [9.17, 15) is 30.3 Å². The van der Waals surface area contributed by atoms with Gasteiger partial charge in [0.1, 0.15) is 23.4 Å². The molecule has 1 aliphatic rings. The third-order valence-corrected chi connectivity index (χ3v) is 7.51. The average molecular weight is 575 g/mol. The monoisotopic (exact) mass is 574 g/mol. The molecule has 0 unspecified atom stereocenters. The number of hydrogen-bond donors (Lipinski definition) is 6. The van der Waals surface area contributed by atoms with Crippen molar-refractivity contribution < 1.29 is 40.2 Å². The predicted octanol–water partition coefficient (Wildman–Crippen LogP) is 7.88. The van der Waals surface area contributed by atoms with Gasteiger partial charge in [-0.1, -0.05) is 103 Å². The number of unbranched alkanes of at least 4 members (excludes halogenated alkanes) is 14. The SMILES string of the molecule is CCCCCCCCCCCCCCCCCC(=O)O.Oc1cc(O)c2c(c1)O[C@H](c1ccc(O)c(O)c1)[C@@H](O)C2. The number of aliphatic carboxylic acids is 1. The number of ether oxygens (including phenoxy) is 1. The summed E-state index contributed by atoms with van der Waals surface area (Å²) < 4.78 is 5.62. The normalized spacial score (nSPS) is 15.9. The number of aliphatic hydroxyl groups excluding tert-OH is 1. The molecule has 8 heteroatoms. The lowest BCUT2D eigenvalue weighted by Crippen LogP contribution is -2.30. The highest BCUT2D eigenvalue weighted by Gasteiger charge is 2.32. The van der Waals surface area contributed by atoms with Crippen LogP contribution in [-0.2, 0) is 11.2 Å². The molecule has 3 rings (SSSR count). The summed E-state index contributed by atoms with van der Waals surface area (Å²) >= 11 is 0. The highest BCUT2D eigenvalue weighted by molar-refractivity contribution is 5.66. The van der Waals surface area contributed by atoms with E-state index >= 15 is 0 Å². The third-order valence-electron chi connectivity index (χ3n) is 7.51. The van der Waals surface area contributed by atoms with Crippen molar-refractivity contribution in [3.63, 3.8) is 0 Å². The lowest BCUT2D eigenvalue weighted by atomic mass is 9.94. The summed E-state index contributed by atoms with van der Waals surface area (Å²) in [5.41, 5.74) is 0.894. The van der Waals surface area contributed by atoms with Crippen molar-refractivity contribution in [1.82, 2.24) is 0 Å². The zero-order valence-corrected chi connectivity index (χ0v) is 24.6. The van der Waals surface area contributed by atoms with E-state index in [0.717, 1.165) is 12.8 Å². The molecule has 0 saturated carbocycles. The minimum atomic E-state index is -0.933.